The molecule has 3 nitrogen and oxygen atoms in total. The van der Waals surface area contributed by atoms with Crippen LogP contribution in [0.4, 0.5) is 0 Å². The Morgan fingerprint density at radius 2 is 2.07 bits per heavy atom. The van der Waals surface area contributed by atoms with E-state index in [-0.39, 0.29) is 12.0 Å². The summed E-state index contributed by atoms with van der Waals surface area (Å²) in [6.07, 6.45) is 3.46. The van der Waals surface area contributed by atoms with E-state index in [4.69, 9.17) is 10.4 Å². The van der Waals surface area contributed by atoms with Crippen LogP contribution in [0.5, 0.6) is 0 Å². The van der Waals surface area contributed by atoms with Crippen LogP contribution in [-0.2, 0) is 0 Å². The summed E-state index contributed by atoms with van der Waals surface area (Å²) in [5.41, 5.74) is 0.203. The normalized spacial score (nSPS) is 11.3. The number of nitriles is 1. The van der Waals surface area contributed by atoms with Crippen molar-refractivity contribution >= 4 is 0 Å². The summed E-state index contributed by atoms with van der Waals surface area (Å²) in [4.78, 5) is 0. The van der Waals surface area contributed by atoms with Gasteiger partial charge in [-0.25, -0.2) is 0 Å². The molecule has 0 unspecified atom stereocenters. The maximum absolute atomic E-state index is 8.58. The molecule has 0 rings (SSSR count). The van der Waals surface area contributed by atoms with Gasteiger partial charge in [0, 0.05) is 19.6 Å². The Hall–Kier alpha value is -0.590. The smallest absolute Gasteiger partial charge is 0.0621 e. The summed E-state index contributed by atoms with van der Waals surface area (Å²) in [5, 5.41) is 20.4. The highest BCUT2D eigenvalue weighted by Gasteiger charge is 2.16. The molecule has 2 N–H and O–H groups in total. The number of nitrogens with one attached hydrogen (secondary N) is 1. The lowest BCUT2D eigenvalue weighted by Crippen LogP contribution is -2.30. The van der Waals surface area contributed by atoms with Gasteiger partial charge < -0.3 is 10.4 Å². The summed E-state index contributed by atoms with van der Waals surface area (Å²) in [6.45, 7) is 6.52. The highest BCUT2D eigenvalue weighted by Crippen LogP contribution is 2.20. The van der Waals surface area contributed by atoms with Gasteiger partial charge in [0.25, 0.3) is 0 Å². The predicted octanol–water partition coefficient (Wildman–Crippen LogP) is 1.68. The lowest BCUT2D eigenvalue weighted by atomic mass is 9.88. The lowest BCUT2D eigenvalue weighted by Gasteiger charge is -2.23. The fourth-order valence-electron chi connectivity index (χ4n) is 1.27. The number of aliphatic hydroxyl groups excluding tert-OH is 1. The van der Waals surface area contributed by atoms with Crippen LogP contribution in [0.3, 0.4) is 0 Å². The number of aliphatic hydroxyl groups is 1. The van der Waals surface area contributed by atoms with Gasteiger partial charge >= 0.3 is 0 Å². The van der Waals surface area contributed by atoms with Crippen LogP contribution in [0.15, 0.2) is 0 Å². The van der Waals surface area contributed by atoms with Gasteiger partial charge in [-0.1, -0.05) is 13.8 Å². The Balaban J connectivity index is 3.41. The van der Waals surface area contributed by atoms with E-state index < -0.39 is 0 Å². The molecule has 3 heteroatoms. The molecule has 0 heterocycles. The van der Waals surface area contributed by atoms with Crippen LogP contribution < -0.4 is 5.32 Å². The molecular weight excluding hydrogens is 176 g/mol. The van der Waals surface area contributed by atoms with E-state index in [0.717, 1.165) is 32.4 Å². The zero-order valence-electron chi connectivity index (χ0n) is 9.34. The van der Waals surface area contributed by atoms with Crippen LogP contribution in [0.2, 0.25) is 0 Å². The zero-order valence-corrected chi connectivity index (χ0v) is 9.34. The standard InChI is InChI=1S/C11H22N2O/c1-11(2,6-5-7-12)10-13-8-3-4-9-14/h13-14H,3-6,8-10H2,1-2H3. The van der Waals surface area contributed by atoms with Gasteiger partial charge in [0.1, 0.15) is 0 Å². The maximum atomic E-state index is 8.58. The SMILES string of the molecule is CC(C)(CCC#N)CNCCCCO. The van der Waals surface area contributed by atoms with Gasteiger partial charge in [-0.3, -0.25) is 0 Å². The molecule has 0 aliphatic rings. The summed E-state index contributed by atoms with van der Waals surface area (Å²) < 4.78 is 0. The van der Waals surface area contributed by atoms with Crippen molar-refractivity contribution in [3.8, 4) is 6.07 Å². The number of unbranched alkanes of at least 4 members (excludes halogenated alkanes) is 1. The average molecular weight is 198 g/mol. The second-order valence-corrected chi connectivity index (χ2v) is 4.43. The number of hydrogen-bond donors (Lipinski definition) is 2. The molecule has 0 aromatic carbocycles. The third-order valence-electron chi connectivity index (χ3n) is 2.28. The fourth-order valence-corrected chi connectivity index (χ4v) is 1.27. The van der Waals surface area contributed by atoms with E-state index in [9.17, 15) is 0 Å². The second kappa shape index (κ2) is 7.78. The van der Waals surface area contributed by atoms with Crippen molar-refractivity contribution < 1.29 is 5.11 Å². The molecule has 0 saturated carbocycles. The van der Waals surface area contributed by atoms with Crippen LogP contribution >= 0.6 is 0 Å². The topological polar surface area (TPSA) is 56.0 Å². The maximum Gasteiger partial charge on any atom is 0.0621 e. The number of hydrogen-bond acceptors (Lipinski definition) is 3. The molecule has 0 aliphatic carbocycles. The van der Waals surface area contributed by atoms with Crippen molar-refractivity contribution in [1.29, 1.82) is 5.26 Å². The van der Waals surface area contributed by atoms with E-state index in [1.54, 1.807) is 0 Å². The van der Waals surface area contributed by atoms with Gasteiger partial charge in [0.15, 0.2) is 0 Å². The zero-order chi connectivity index (χ0) is 10.9. The van der Waals surface area contributed by atoms with Gasteiger partial charge in [0.05, 0.1) is 6.07 Å². The number of rotatable bonds is 8. The minimum Gasteiger partial charge on any atom is -0.396 e. The molecule has 0 fully saturated rings. The summed E-state index contributed by atoms with van der Waals surface area (Å²) in [7, 11) is 0. The van der Waals surface area contributed by atoms with Crippen molar-refractivity contribution in [2.45, 2.75) is 39.5 Å². The van der Waals surface area contributed by atoms with Crippen molar-refractivity contribution in [3.63, 3.8) is 0 Å². The number of nitrogens with zero attached hydrogens (tertiary/aromatic N) is 1. The highest BCUT2D eigenvalue weighted by molar-refractivity contribution is 4.78. The van der Waals surface area contributed by atoms with Crippen molar-refractivity contribution in [2.75, 3.05) is 19.7 Å². The average Bonchev–Trinajstić information content (AvgIpc) is 2.15. The van der Waals surface area contributed by atoms with E-state index in [2.05, 4.69) is 25.2 Å². The molecule has 0 bridgehead atoms. The highest BCUT2D eigenvalue weighted by atomic mass is 16.2. The second-order valence-electron chi connectivity index (χ2n) is 4.43. The van der Waals surface area contributed by atoms with Crippen LogP contribution in [0.25, 0.3) is 0 Å². The summed E-state index contributed by atoms with van der Waals surface area (Å²) in [6, 6.07) is 2.17. The molecule has 82 valence electrons. The Morgan fingerprint density at radius 3 is 2.64 bits per heavy atom. The first-order valence-electron chi connectivity index (χ1n) is 5.31. The Morgan fingerprint density at radius 1 is 1.36 bits per heavy atom. The van der Waals surface area contributed by atoms with E-state index in [0.29, 0.717) is 6.42 Å². The van der Waals surface area contributed by atoms with Crippen molar-refractivity contribution in [3.05, 3.63) is 0 Å². The Kier molecular flexibility index (Phi) is 7.45. The van der Waals surface area contributed by atoms with Crippen LogP contribution in [-0.4, -0.2) is 24.8 Å². The Labute approximate surface area is 87.1 Å². The molecule has 0 aromatic heterocycles. The van der Waals surface area contributed by atoms with Crippen LogP contribution in [0, 0.1) is 16.7 Å². The quantitative estimate of drug-likeness (QED) is 0.583. The monoisotopic (exact) mass is 198 g/mol. The van der Waals surface area contributed by atoms with Crippen molar-refractivity contribution in [1.82, 2.24) is 5.32 Å². The van der Waals surface area contributed by atoms with Crippen LogP contribution in [0.1, 0.15) is 39.5 Å². The summed E-state index contributed by atoms with van der Waals surface area (Å²) in [5.74, 6) is 0. The predicted molar refractivity (Wildman–Crippen MR) is 57.8 cm³/mol. The van der Waals surface area contributed by atoms with E-state index >= 15 is 0 Å². The van der Waals surface area contributed by atoms with Gasteiger partial charge in [-0.15, -0.1) is 0 Å². The molecular formula is C11H22N2O. The van der Waals surface area contributed by atoms with Gasteiger partial charge in [0.2, 0.25) is 0 Å². The van der Waals surface area contributed by atoms with E-state index in [1.165, 1.54) is 0 Å². The molecule has 0 saturated heterocycles. The first-order chi connectivity index (χ1) is 6.62. The molecule has 0 spiro atoms. The summed E-state index contributed by atoms with van der Waals surface area (Å²) >= 11 is 0. The van der Waals surface area contributed by atoms with Gasteiger partial charge in [-0.2, -0.15) is 5.26 Å². The molecule has 0 radical (unpaired) electrons. The minimum atomic E-state index is 0.203. The molecule has 0 atom stereocenters. The third-order valence-corrected chi connectivity index (χ3v) is 2.28. The fraction of sp³-hybridized carbons (Fsp3) is 0.909. The molecule has 0 aromatic rings. The minimum absolute atomic E-state index is 0.203. The van der Waals surface area contributed by atoms with E-state index in [1.807, 2.05) is 0 Å². The molecule has 0 aliphatic heterocycles. The third kappa shape index (κ3) is 8.03. The van der Waals surface area contributed by atoms with Crippen molar-refractivity contribution in [2.24, 2.45) is 5.41 Å². The first kappa shape index (κ1) is 13.4. The Bertz CT molecular complexity index is 173. The first-order valence-corrected chi connectivity index (χ1v) is 5.31. The molecule has 0 amide bonds. The lowest BCUT2D eigenvalue weighted by molar-refractivity contribution is 0.278. The van der Waals surface area contributed by atoms with Gasteiger partial charge in [-0.05, 0) is 31.2 Å². The largest absolute Gasteiger partial charge is 0.396 e. The molecule has 14 heavy (non-hydrogen) atoms.